The highest BCUT2D eigenvalue weighted by atomic mass is 16.2. The molecule has 0 radical (unpaired) electrons. The first-order valence-corrected chi connectivity index (χ1v) is 9.20. The number of amides is 2. The molecule has 1 fully saturated rings. The summed E-state index contributed by atoms with van der Waals surface area (Å²) in [6.45, 7) is 4.25. The normalized spacial score (nSPS) is 21.6. The van der Waals surface area contributed by atoms with Crippen LogP contribution in [0.1, 0.15) is 90.9 Å². The van der Waals surface area contributed by atoms with E-state index in [0.29, 0.717) is 12.8 Å². The number of nitrogens with zero attached hydrogens (tertiary/aromatic N) is 1. The van der Waals surface area contributed by atoms with Gasteiger partial charge in [-0.1, -0.05) is 39.5 Å². The summed E-state index contributed by atoms with van der Waals surface area (Å²) >= 11 is 0. The molecule has 0 spiro atoms. The minimum Gasteiger partial charge on any atom is -0.328 e. The minimum atomic E-state index is 0.0374. The Labute approximate surface area is 135 Å². The van der Waals surface area contributed by atoms with Gasteiger partial charge in [0.2, 0.25) is 11.8 Å². The van der Waals surface area contributed by atoms with Crippen molar-refractivity contribution in [3.05, 3.63) is 0 Å². The molecule has 2 N–H and O–H groups in total. The molecule has 1 rings (SSSR count). The Morgan fingerprint density at radius 3 is 1.73 bits per heavy atom. The van der Waals surface area contributed by atoms with E-state index in [1.165, 1.54) is 0 Å². The van der Waals surface area contributed by atoms with Crippen LogP contribution in [0.25, 0.3) is 0 Å². The summed E-state index contributed by atoms with van der Waals surface area (Å²) in [4.78, 5) is 26.7. The maximum Gasteiger partial charge on any atom is 0.229 e. The van der Waals surface area contributed by atoms with Crippen LogP contribution in [0.15, 0.2) is 0 Å². The van der Waals surface area contributed by atoms with Gasteiger partial charge >= 0.3 is 0 Å². The molecule has 0 bridgehead atoms. The quantitative estimate of drug-likeness (QED) is 0.659. The number of carbonyl (C=O) groups excluding carboxylic acids is 2. The summed E-state index contributed by atoms with van der Waals surface area (Å²) in [6, 6.07) is 0.325. The number of nitrogens with two attached hydrogens (primary N) is 1. The number of carbonyl (C=O) groups is 2. The van der Waals surface area contributed by atoms with Crippen molar-refractivity contribution in [3.63, 3.8) is 0 Å². The predicted molar refractivity (Wildman–Crippen MR) is 90.4 cm³/mol. The van der Waals surface area contributed by atoms with Crippen LogP contribution in [0.5, 0.6) is 0 Å². The van der Waals surface area contributed by atoms with E-state index in [2.05, 4.69) is 13.8 Å². The van der Waals surface area contributed by atoms with E-state index in [4.69, 9.17) is 5.73 Å². The summed E-state index contributed by atoms with van der Waals surface area (Å²) in [6.07, 6.45) is 10.7. The second-order valence-corrected chi connectivity index (χ2v) is 6.64. The molecule has 0 heterocycles. The number of unbranched alkanes of at least 4 members (excludes halogenated alkanes) is 4. The lowest BCUT2D eigenvalue weighted by atomic mass is 9.90. The van der Waals surface area contributed by atoms with Gasteiger partial charge in [0.15, 0.2) is 0 Å². The molecule has 0 aromatic heterocycles. The maximum absolute atomic E-state index is 12.5. The molecule has 0 aromatic rings. The van der Waals surface area contributed by atoms with E-state index in [1.54, 1.807) is 4.90 Å². The SMILES string of the molecule is CCCCCC(=O)N(C(=O)CCCCC)C1CCC(N)CC1. The lowest BCUT2D eigenvalue weighted by Gasteiger charge is -2.35. The van der Waals surface area contributed by atoms with Crippen molar-refractivity contribution in [2.24, 2.45) is 5.73 Å². The van der Waals surface area contributed by atoms with E-state index in [1.807, 2.05) is 0 Å². The third-order valence-electron chi connectivity index (χ3n) is 4.63. The van der Waals surface area contributed by atoms with Gasteiger partial charge in [0, 0.05) is 24.9 Å². The zero-order valence-corrected chi connectivity index (χ0v) is 14.5. The number of imide groups is 1. The molecule has 1 saturated carbocycles. The Balaban J connectivity index is 2.62. The predicted octanol–water partition coefficient (Wildman–Crippen LogP) is 3.77. The molecular weight excluding hydrogens is 276 g/mol. The van der Waals surface area contributed by atoms with Gasteiger partial charge in [-0.05, 0) is 38.5 Å². The molecule has 4 heteroatoms. The molecule has 0 aromatic carbocycles. The van der Waals surface area contributed by atoms with Crippen LogP contribution in [0.2, 0.25) is 0 Å². The highest BCUT2D eigenvalue weighted by molar-refractivity contribution is 5.95. The molecule has 1 aliphatic carbocycles. The largest absolute Gasteiger partial charge is 0.328 e. The van der Waals surface area contributed by atoms with Crippen LogP contribution >= 0.6 is 0 Å². The van der Waals surface area contributed by atoms with Gasteiger partial charge in [-0.25, -0.2) is 0 Å². The molecule has 22 heavy (non-hydrogen) atoms. The van der Waals surface area contributed by atoms with Crippen molar-refractivity contribution >= 4 is 11.8 Å². The van der Waals surface area contributed by atoms with Crippen LogP contribution in [0, 0.1) is 0 Å². The maximum atomic E-state index is 12.5. The summed E-state index contributed by atoms with van der Waals surface area (Å²) in [7, 11) is 0. The standard InChI is InChI=1S/C18H34N2O2/c1-3-5-7-9-17(21)20(18(22)10-8-6-4-2)16-13-11-15(19)12-14-16/h15-16H,3-14,19H2,1-2H3. The smallest absolute Gasteiger partial charge is 0.229 e. The minimum absolute atomic E-state index is 0.0374. The molecule has 0 atom stereocenters. The molecule has 0 unspecified atom stereocenters. The van der Waals surface area contributed by atoms with Crippen molar-refractivity contribution < 1.29 is 9.59 Å². The fourth-order valence-electron chi connectivity index (χ4n) is 3.20. The van der Waals surface area contributed by atoms with Crippen LogP contribution in [0.4, 0.5) is 0 Å². The van der Waals surface area contributed by atoms with E-state index < -0.39 is 0 Å². The zero-order valence-electron chi connectivity index (χ0n) is 14.5. The first-order valence-electron chi connectivity index (χ1n) is 9.20. The molecule has 0 saturated heterocycles. The van der Waals surface area contributed by atoms with Gasteiger partial charge in [-0.3, -0.25) is 14.5 Å². The molecule has 2 amide bonds. The summed E-state index contributed by atoms with van der Waals surface area (Å²) in [5, 5.41) is 0. The number of hydrogen-bond donors (Lipinski definition) is 1. The summed E-state index contributed by atoms with van der Waals surface area (Å²) in [5.74, 6) is 0.0749. The van der Waals surface area contributed by atoms with E-state index >= 15 is 0 Å². The Bertz CT molecular complexity index is 314. The Hall–Kier alpha value is -0.900. The molecule has 4 nitrogen and oxygen atoms in total. The third kappa shape index (κ3) is 6.47. The number of hydrogen-bond acceptors (Lipinski definition) is 3. The average Bonchev–Trinajstić information content (AvgIpc) is 2.50. The first-order chi connectivity index (χ1) is 10.6. The summed E-state index contributed by atoms with van der Waals surface area (Å²) < 4.78 is 0. The Morgan fingerprint density at radius 1 is 0.864 bits per heavy atom. The highest BCUT2D eigenvalue weighted by Crippen LogP contribution is 2.24. The van der Waals surface area contributed by atoms with Crippen molar-refractivity contribution in [3.8, 4) is 0 Å². The average molecular weight is 310 g/mol. The van der Waals surface area contributed by atoms with Crippen molar-refractivity contribution in [1.29, 1.82) is 0 Å². The Kier molecular flexibility index (Phi) is 9.37. The van der Waals surface area contributed by atoms with Crippen molar-refractivity contribution in [1.82, 2.24) is 4.90 Å². The second kappa shape index (κ2) is 10.8. The molecule has 128 valence electrons. The molecule has 1 aliphatic rings. The van der Waals surface area contributed by atoms with Crippen molar-refractivity contribution in [2.45, 2.75) is 103 Å². The van der Waals surface area contributed by atoms with E-state index in [9.17, 15) is 9.59 Å². The van der Waals surface area contributed by atoms with Crippen LogP contribution in [-0.2, 0) is 9.59 Å². The summed E-state index contributed by atoms with van der Waals surface area (Å²) in [5.41, 5.74) is 5.96. The van der Waals surface area contributed by atoms with Gasteiger partial charge < -0.3 is 5.73 Å². The zero-order chi connectivity index (χ0) is 16.4. The van der Waals surface area contributed by atoms with Gasteiger partial charge in [-0.2, -0.15) is 0 Å². The van der Waals surface area contributed by atoms with Crippen LogP contribution < -0.4 is 5.73 Å². The topological polar surface area (TPSA) is 63.4 Å². The fourth-order valence-corrected chi connectivity index (χ4v) is 3.20. The van der Waals surface area contributed by atoms with Crippen molar-refractivity contribution in [2.75, 3.05) is 0 Å². The Morgan fingerprint density at radius 2 is 1.32 bits per heavy atom. The number of rotatable bonds is 9. The lowest BCUT2D eigenvalue weighted by molar-refractivity contribution is -0.148. The van der Waals surface area contributed by atoms with Gasteiger partial charge in [0.05, 0.1) is 0 Å². The van der Waals surface area contributed by atoms with Gasteiger partial charge in [0.1, 0.15) is 0 Å². The highest BCUT2D eigenvalue weighted by Gasteiger charge is 2.31. The van der Waals surface area contributed by atoms with Gasteiger partial charge in [-0.15, -0.1) is 0 Å². The molecule has 0 aliphatic heterocycles. The third-order valence-corrected chi connectivity index (χ3v) is 4.63. The van der Waals surface area contributed by atoms with E-state index in [-0.39, 0.29) is 23.9 Å². The van der Waals surface area contributed by atoms with Crippen LogP contribution in [0.3, 0.4) is 0 Å². The molecular formula is C18H34N2O2. The second-order valence-electron chi connectivity index (χ2n) is 6.64. The first kappa shape index (κ1) is 19.1. The van der Waals surface area contributed by atoms with E-state index in [0.717, 1.165) is 64.2 Å². The van der Waals surface area contributed by atoms with Gasteiger partial charge in [0.25, 0.3) is 0 Å². The van der Waals surface area contributed by atoms with Crippen LogP contribution in [-0.4, -0.2) is 28.8 Å². The fraction of sp³-hybridized carbons (Fsp3) is 0.889. The monoisotopic (exact) mass is 310 g/mol. The lowest BCUT2D eigenvalue weighted by Crippen LogP contribution is -2.47.